The van der Waals surface area contributed by atoms with Crippen LogP contribution >= 0.6 is 11.3 Å². The monoisotopic (exact) mass is 329 g/mol. The fourth-order valence-electron chi connectivity index (χ4n) is 1.57. The number of amides is 1. The molecule has 0 saturated carbocycles. The summed E-state index contributed by atoms with van der Waals surface area (Å²) in [5, 5.41) is 2.69. The van der Waals surface area contributed by atoms with Gasteiger partial charge in [-0.1, -0.05) is 0 Å². The predicted molar refractivity (Wildman–Crippen MR) is 78.3 cm³/mol. The topological polar surface area (TPSA) is 114 Å². The molecular weight excluding hydrogens is 314 g/mol. The van der Waals surface area contributed by atoms with Gasteiger partial charge in [0.2, 0.25) is 10.0 Å². The van der Waals surface area contributed by atoms with Gasteiger partial charge in [-0.25, -0.2) is 13.1 Å². The quantitative estimate of drug-likeness (QED) is 0.719. The van der Waals surface area contributed by atoms with E-state index in [1.807, 2.05) is 0 Å². The number of carbonyl (C=O) groups excluding carboxylic acids is 1. The lowest BCUT2D eigenvalue weighted by atomic mass is 10.3. The molecule has 0 unspecified atom stereocenters. The predicted octanol–water partition coefficient (Wildman–Crippen LogP) is 0.638. The Kier molecular flexibility index (Phi) is 4.78. The summed E-state index contributed by atoms with van der Waals surface area (Å²) in [6.45, 7) is 0.468. The van der Waals surface area contributed by atoms with Crippen LogP contribution in [0.5, 0.6) is 0 Å². The summed E-state index contributed by atoms with van der Waals surface area (Å²) >= 11 is 1.10. The van der Waals surface area contributed by atoms with Crippen molar-refractivity contribution in [3.05, 3.63) is 40.7 Å². The molecule has 2 rings (SSSR count). The van der Waals surface area contributed by atoms with E-state index in [0.717, 1.165) is 16.2 Å². The van der Waals surface area contributed by atoms with E-state index < -0.39 is 10.0 Å². The van der Waals surface area contributed by atoms with Crippen LogP contribution < -0.4 is 15.8 Å². The average molecular weight is 329 g/mol. The van der Waals surface area contributed by atoms with Crippen molar-refractivity contribution in [1.82, 2.24) is 10.0 Å². The maximum absolute atomic E-state index is 11.9. The number of thiophene rings is 1. The molecule has 0 fully saturated rings. The van der Waals surface area contributed by atoms with Gasteiger partial charge in [0.15, 0.2) is 0 Å². The lowest BCUT2D eigenvalue weighted by molar-refractivity contribution is 0.0950. The van der Waals surface area contributed by atoms with E-state index in [1.165, 1.54) is 19.4 Å². The largest absolute Gasteiger partial charge is 0.467 e. The van der Waals surface area contributed by atoms with Crippen LogP contribution in [0.2, 0.25) is 0 Å². The van der Waals surface area contributed by atoms with E-state index in [0.29, 0.717) is 11.3 Å². The van der Waals surface area contributed by atoms with E-state index >= 15 is 0 Å². The first kappa shape index (κ1) is 15.7. The molecule has 0 bridgehead atoms. The highest BCUT2D eigenvalue weighted by Gasteiger charge is 2.15. The molecule has 9 heteroatoms. The molecule has 0 aromatic carbocycles. The summed E-state index contributed by atoms with van der Waals surface area (Å²) in [6.07, 6.45) is 1.34. The number of hydrogen-bond acceptors (Lipinski definition) is 6. The fraction of sp³-hybridized carbons (Fsp3) is 0.250. The number of nitrogens with one attached hydrogen (secondary N) is 2. The Morgan fingerprint density at radius 2 is 2.19 bits per heavy atom. The minimum absolute atomic E-state index is 0.211. The summed E-state index contributed by atoms with van der Waals surface area (Å²) in [5.74, 6) is 0.226. The van der Waals surface area contributed by atoms with E-state index in [-0.39, 0.29) is 23.2 Å². The highest BCUT2D eigenvalue weighted by Crippen LogP contribution is 2.21. The molecule has 0 aliphatic rings. The first-order valence-corrected chi connectivity index (χ1v) is 8.34. The smallest absolute Gasteiger partial charge is 0.254 e. The van der Waals surface area contributed by atoms with Gasteiger partial charge in [0.05, 0.1) is 18.7 Å². The Hall–Kier alpha value is -1.68. The summed E-state index contributed by atoms with van der Waals surface area (Å²) in [4.78, 5) is 12.6. The molecule has 2 aromatic rings. The van der Waals surface area contributed by atoms with Gasteiger partial charge in [-0.2, -0.15) is 0 Å². The number of furan rings is 1. The number of hydrogen-bond donors (Lipinski definition) is 3. The Balaban J connectivity index is 1.99. The van der Waals surface area contributed by atoms with Crippen molar-refractivity contribution in [3.63, 3.8) is 0 Å². The van der Waals surface area contributed by atoms with Crippen LogP contribution in [0.15, 0.2) is 33.1 Å². The zero-order valence-electron chi connectivity index (χ0n) is 11.3. The summed E-state index contributed by atoms with van der Waals surface area (Å²) < 4.78 is 30.7. The van der Waals surface area contributed by atoms with Crippen LogP contribution in [-0.4, -0.2) is 21.4 Å². The molecule has 1 amide bonds. The Labute approximate surface area is 126 Å². The summed E-state index contributed by atoms with van der Waals surface area (Å²) in [6, 6.07) is 4.73. The van der Waals surface area contributed by atoms with Gasteiger partial charge in [-0.15, -0.1) is 11.3 Å². The molecule has 7 nitrogen and oxygen atoms in total. The maximum atomic E-state index is 11.9. The van der Waals surface area contributed by atoms with E-state index in [4.69, 9.17) is 10.2 Å². The van der Waals surface area contributed by atoms with Gasteiger partial charge in [-0.3, -0.25) is 4.79 Å². The zero-order chi connectivity index (χ0) is 15.5. The summed E-state index contributed by atoms with van der Waals surface area (Å²) in [5.41, 5.74) is 5.78. The van der Waals surface area contributed by atoms with E-state index in [2.05, 4.69) is 10.0 Å². The molecule has 0 radical (unpaired) electrons. The number of carbonyl (C=O) groups is 1. The third kappa shape index (κ3) is 3.70. The molecule has 21 heavy (non-hydrogen) atoms. The van der Waals surface area contributed by atoms with E-state index in [1.54, 1.807) is 12.1 Å². The SMILES string of the molecule is CNS(=O)(=O)c1ccc(CNC(=O)c2coc(CN)c2)s1. The van der Waals surface area contributed by atoms with Crippen molar-refractivity contribution < 1.29 is 17.6 Å². The lowest BCUT2D eigenvalue weighted by Gasteiger charge is -2.01. The minimum Gasteiger partial charge on any atom is -0.467 e. The van der Waals surface area contributed by atoms with Crippen LogP contribution in [0.1, 0.15) is 21.0 Å². The average Bonchev–Trinajstić information content (AvgIpc) is 3.13. The van der Waals surface area contributed by atoms with Crippen molar-refractivity contribution >= 4 is 27.3 Å². The number of rotatable bonds is 6. The molecule has 114 valence electrons. The third-order valence-electron chi connectivity index (χ3n) is 2.71. The minimum atomic E-state index is -3.44. The fourth-order valence-corrected chi connectivity index (χ4v) is 3.71. The first-order valence-electron chi connectivity index (χ1n) is 6.04. The van der Waals surface area contributed by atoms with Crippen molar-refractivity contribution in [2.24, 2.45) is 5.73 Å². The summed E-state index contributed by atoms with van der Waals surface area (Å²) in [7, 11) is -2.09. The van der Waals surface area contributed by atoms with E-state index in [9.17, 15) is 13.2 Å². The maximum Gasteiger partial charge on any atom is 0.254 e. The molecule has 4 N–H and O–H groups in total. The molecule has 0 aliphatic carbocycles. The molecular formula is C12H15N3O4S2. The second kappa shape index (κ2) is 6.39. The molecule has 0 atom stereocenters. The number of sulfonamides is 1. The molecule has 2 aromatic heterocycles. The zero-order valence-corrected chi connectivity index (χ0v) is 12.9. The molecule has 0 aliphatic heterocycles. The van der Waals surface area contributed by atoms with Crippen molar-refractivity contribution in [2.75, 3.05) is 7.05 Å². The van der Waals surface area contributed by atoms with Crippen molar-refractivity contribution in [2.45, 2.75) is 17.3 Å². The standard InChI is InChI=1S/C12H15N3O4S2/c1-14-21(17,18)11-3-2-10(20-11)6-15-12(16)8-4-9(5-13)19-7-8/h2-4,7,14H,5-6,13H2,1H3,(H,15,16). The lowest BCUT2D eigenvalue weighted by Crippen LogP contribution is -2.21. The Morgan fingerprint density at radius 1 is 1.43 bits per heavy atom. The van der Waals surface area contributed by atoms with Crippen LogP contribution in [0.25, 0.3) is 0 Å². The van der Waals surface area contributed by atoms with Gasteiger partial charge in [0, 0.05) is 4.88 Å². The van der Waals surface area contributed by atoms with Gasteiger partial charge in [-0.05, 0) is 25.2 Å². The molecule has 2 heterocycles. The second-order valence-electron chi connectivity index (χ2n) is 4.12. The normalized spacial score (nSPS) is 11.5. The van der Waals surface area contributed by atoms with Gasteiger partial charge >= 0.3 is 0 Å². The first-order chi connectivity index (χ1) is 9.96. The van der Waals surface area contributed by atoms with Crippen molar-refractivity contribution in [3.8, 4) is 0 Å². The second-order valence-corrected chi connectivity index (χ2v) is 7.40. The highest BCUT2D eigenvalue weighted by molar-refractivity contribution is 7.91. The Bertz CT molecular complexity index is 733. The third-order valence-corrected chi connectivity index (χ3v) is 5.70. The number of nitrogens with two attached hydrogens (primary N) is 1. The highest BCUT2D eigenvalue weighted by atomic mass is 32.2. The van der Waals surface area contributed by atoms with Gasteiger partial charge in [0.25, 0.3) is 5.91 Å². The van der Waals surface area contributed by atoms with Crippen LogP contribution in [-0.2, 0) is 23.1 Å². The Morgan fingerprint density at radius 3 is 2.81 bits per heavy atom. The van der Waals surface area contributed by atoms with Gasteiger partial charge in [0.1, 0.15) is 16.2 Å². The van der Waals surface area contributed by atoms with Crippen molar-refractivity contribution in [1.29, 1.82) is 0 Å². The molecule has 0 saturated heterocycles. The van der Waals surface area contributed by atoms with Crippen LogP contribution in [0.4, 0.5) is 0 Å². The van der Waals surface area contributed by atoms with Gasteiger partial charge < -0.3 is 15.5 Å². The molecule has 0 spiro atoms. The van der Waals surface area contributed by atoms with Crippen LogP contribution in [0.3, 0.4) is 0 Å². The van der Waals surface area contributed by atoms with Crippen LogP contribution in [0, 0.1) is 0 Å².